The molecule has 0 amide bonds. The van der Waals surface area contributed by atoms with E-state index in [-0.39, 0.29) is 18.0 Å². The largest absolute Gasteiger partial charge is 0.462 e. The lowest BCUT2D eigenvalue weighted by molar-refractivity contribution is 0.0527. The van der Waals surface area contributed by atoms with E-state index in [2.05, 4.69) is 25.9 Å². The maximum atomic E-state index is 11.6. The van der Waals surface area contributed by atoms with E-state index >= 15 is 0 Å². The second-order valence-electron chi connectivity index (χ2n) is 3.69. The number of ether oxygens (including phenoxy) is 1. The number of carbonyl (C=O) groups excluding carboxylic acids is 1. The van der Waals surface area contributed by atoms with Gasteiger partial charge in [-0.1, -0.05) is 34.1 Å². The van der Waals surface area contributed by atoms with Crippen molar-refractivity contribution < 1.29 is 9.53 Å². The van der Waals surface area contributed by atoms with E-state index < -0.39 is 5.97 Å². The van der Waals surface area contributed by atoms with Gasteiger partial charge in [0.1, 0.15) is 11.4 Å². The van der Waals surface area contributed by atoms with Crippen LogP contribution < -0.4 is 5.73 Å². The van der Waals surface area contributed by atoms with E-state index in [1.165, 1.54) is 6.20 Å². The molecule has 0 unspecified atom stereocenters. The number of rotatable bonds is 3. The van der Waals surface area contributed by atoms with Crippen LogP contribution in [0.1, 0.15) is 17.3 Å². The van der Waals surface area contributed by atoms with Crippen LogP contribution in [0, 0.1) is 0 Å². The zero-order valence-electron chi connectivity index (χ0n) is 10.3. The first-order valence-corrected chi connectivity index (χ1v) is 6.47. The third-order valence-corrected chi connectivity index (χ3v) is 3.12. The van der Waals surface area contributed by atoms with Gasteiger partial charge in [-0.2, -0.15) is 0 Å². The van der Waals surface area contributed by atoms with Crippen LogP contribution in [0.3, 0.4) is 0 Å². The molecule has 2 aromatic rings. The zero-order chi connectivity index (χ0) is 13.8. The Morgan fingerprint density at radius 2 is 2.16 bits per heavy atom. The first-order valence-electron chi connectivity index (χ1n) is 5.68. The molecule has 1 aromatic carbocycles. The summed E-state index contributed by atoms with van der Waals surface area (Å²) in [5, 5.41) is 0. The maximum absolute atomic E-state index is 11.6. The number of nitrogen functional groups attached to an aromatic ring is 1. The highest BCUT2D eigenvalue weighted by Crippen LogP contribution is 2.26. The highest BCUT2D eigenvalue weighted by atomic mass is 79.9. The number of nitrogens with zero attached hydrogens (tertiary/aromatic N) is 2. The lowest BCUT2D eigenvalue weighted by Gasteiger charge is -2.07. The summed E-state index contributed by atoms with van der Waals surface area (Å²) in [4.78, 5) is 19.9. The van der Waals surface area contributed by atoms with Gasteiger partial charge in [-0.15, -0.1) is 0 Å². The Morgan fingerprint density at radius 1 is 1.42 bits per heavy atom. The molecule has 0 radical (unpaired) electrons. The molecule has 0 bridgehead atoms. The van der Waals surface area contributed by atoms with Gasteiger partial charge in [-0.05, 0) is 13.0 Å². The second-order valence-corrected chi connectivity index (χ2v) is 4.55. The number of hydrogen-bond acceptors (Lipinski definition) is 5. The van der Waals surface area contributed by atoms with Crippen LogP contribution in [0.5, 0.6) is 0 Å². The normalized spacial score (nSPS) is 10.2. The molecule has 5 nitrogen and oxygen atoms in total. The Balaban J connectivity index is 2.39. The summed E-state index contributed by atoms with van der Waals surface area (Å²) < 4.78 is 5.73. The summed E-state index contributed by atoms with van der Waals surface area (Å²) in [6, 6.07) is 7.51. The van der Waals surface area contributed by atoms with E-state index in [1.807, 2.05) is 24.3 Å². The molecule has 0 spiro atoms. The minimum absolute atomic E-state index is 0.110. The van der Waals surface area contributed by atoms with Crippen molar-refractivity contribution in [2.75, 3.05) is 12.3 Å². The van der Waals surface area contributed by atoms with Crippen molar-refractivity contribution in [3.63, 3.8) is 0 Å². The molecule has 0 aliphatic carbocycles. The molecule has 19 heavy (non-hydrogen) atoms. The molecule has 1 heterocycles. The van der Waals surface area contributed by atoms with Crippen molar-refractivity contribution in [3.05, 3.63) is 40.5 Å². The predicted octanol–water partition coefficient (Wildman–Crippen LogP) is 2.67. The van der Waals surface area contributed by atoms with Crippen molar-refractivity contribution in [1.29, 1.82) is 0 Å². The van der Waals surface area contributed by atoms with Crippen molar-refractivity contribution in [3.8, 4) is 11.4 Å². The first-order chi connectivity index (χ1) is 9.13. The molecule has 0 aliphatic rings. The SMILES string of the molecule is CCOC(=O)c1cnc(-c2ccccc2Br)nc1N. The number of anilines is 1. The molecule has 0 atom stereocenters. The van der Waals surface area contributed by atoms with Crippen LogP contribution >= 0.6 is 15.9 Å². The Labute approximate surface area is 119 Å². The van der Waals surface area contributed by atoms with Crippen LogP contribution in [0.15, 0.2) is 34.9 Å². The molecule has 0 aliphatic heterocycles. The van der Waals surface area contributed by atoms with Gasteiger partial charge in [-0.25, -0.2) is 14.8 Å². The Hall–Kier alpha value is -1.95. The molecule has 2 N–H and O–H groups in total. The van der Waals surface area contributed by atoms with E-state index in [0.717, 1.165) is 10.0 Å². The Kier molecular flexibility index (Phi) is 4.11. The van der Waals surface area contributed by atoms with Gasteiger partial charge >= 0.3 is 5.97 Å². The molecule has 98 valence electrons. The summed E-state index contributed by atoms with van der Waals surface area (Å²) in [5.41, 5.74) is 6.76. The molecule has 0 saturated carbocycles. The Bertz CT molecular complexity index is 617. The summed E-state index contributed by atoms with van der Waals surface area (Å²) in [6.07, 6.45) is 1.38. The maximum Gasteiger partial charge on any atom is 0.343 e. The van der Waals surface area contributed by atoms with Crippen LogP contribution in [0.2, 0.25) is 0 Å². The highest BCUT2D eigenvalue weighted by Gasteiger charge is 2.15. The third kappa shape index (κ3) is 2.90. The highest BCUT2D eigenvalue weighted by molar-refractivity contribution is 9.10. The van der Waals surface area contributed by atoms with Crippen LogP contribution in [-0.2, 0) is 4.74 Å². The summed E-state index contributed by atoms with van der Waals surface area (Å²) >= 11 is 3.42. The van der Waals surface area contributed by atoms with Crippen LogP contribution in [-0.4, -0.2) is 22.5 Å². The number of carbonyl (C=O) groups is 1. The number of benzene rings is 1. The fourth-order valence-corrected chi connectivity index (χ4v) is 2.00. The summed E-state index contributed by atoms with van der Waals surface area (Å²) in [6.45, 7) is 2.01. The van der Waals surface area contributed by atoms with Crippen molar-refractivity contribution in [2.24, 2.45) is 0 Å². The topological polar surface area (TPSA) is 78.1 Å². The van der Waals surface area contributed by atoms with Crippen LogP contribution in [0.4, 0.5) is 5.82 Å². The number of aromatic nitrogens is 2. The smallest absolute Gasteiger partial charge is 0.343 e. The number of halogens is 1. The minimum atomic E-state index is -0.515. The summed E-state index contributed by atoms with van der Waals surface area (Å²) in [7, 11) is 0. The van der Waals surface area contributed by atoms with Crippen LogP contribution in [0.25, 0.3) is 11.4 Å². The fraction of sp³-hybridized carbons (Fsp3) is 0.154. The lowest BCUT2D eigenvalue weighted by atomic mass is 10.2. The molecule has 6 heteroatoms. The Morgan fingerprint density at radius 3 is 2.79 bits per heavy atom. The summed E-state index contributed by atoms with van der Waals surface area (Å²) in [5.74, 6) is 0.0518. The van der Waals surface area contributed by atoms with Gasteiger partial charge in [0.15, 0.2) is 5.82 Å². The van der Waals surface area contributed by atoms with Gasteiger partial charge < -0.3 is 10.5 Å². The monoisotopic (exact) mass is 321 g/mol. The molecule has 2 rings (SSSR count). The predicted molar refractivity (Wildman–Crippen MR) is 75.5 cm³/mol. The van der Waals surface area contributed by atoms with Gasteiger partial charge in [0.05, 0.1) is 6.61 Å². The molecular weight excluding hydrogens is 310 g/mol. The van der Waals surface area contributed by atoms with Crippen molar-refractivity contribution in [1.82, 2.24) is 9.97 Å². The fourth-order valence-electron chi connectivity index (χ4n) is 1.53. The second kappa shape index (κ2) is 5.79. The van der Waals surface area contributed by atoms with E-state index in [1.54, 1.807) is 6.92 Å². The molecule has 0 saturated heterocycles. The average Bonchev–Trinajstić information content (AvgIpc) is 2.39. The first kappa shape index (κ1) is 13.5. The molecule has 0 fully saturated rings. The number of esters is 1. The van der Waals surface area contributed by atoms with Crippen molar-refractivity contribution >= 4 is 27.7 Å². The van der Waals surface area contributed by atoms with Gasteiger partial charge in [-0.3, -0.25) is 0 Å². The lowest BCUT2D eigenvalue weighted by Crippen LogP contribution is -2.10. The van der Waals surface area contributed by atoms with Gasteiger partial charge in [0, 0.05) is 16.2 Å². The van der Waals surface area contributed by atoms with Crippen molar-refractivity contribution in [2.45, 2.75) is 6.92 Å². The number of nitrogens with two attached hydrogens (primary N) is 1. The van der Waals surface area contributed by atoms with E-state index in [4.69, 9.17) is 10.5 Å². The van der Waals surface area contributed by atoms with E-state index in [0.29, 0.717) is 5.82 Å². The molecule has 1 aromatic heterocycles. The zero-order valence-corrected chi connectivity index (χ0v) is 11.8. The van der Waals surface area contributed by atoms with Gasteiger partial charge in [0.25, 0.3) is 0 Å². The molecular formula is C13H12BrN3O2. The van der Waals surface area contributed by atoms with E-state index in [9.17, 15) is 4.79 Å². The number of hydrogen-bond donors (Lipinski definition) is 1. The van der Waals surface area contributed by atoms with Gasteiger partial charge in [0.2, 0.25) is 0 Å². The third-order valence-electron chi connectivity index (χ3n) is 2.43. The quantitative estimate of drug-likeness (QED) is 0.879. The minimum Gasteiger partial charge on any atom is -0.462 e. The standard InChI is InChI=1S/C13H12BrN3O2/c1-2-19-13(18)9-7-16-12(17-11(9)15)8-5-3-4-6-10(8)14/h3-7H,2H2,1H3,(H2,15,16,17). The average molecular weight is 322 g/mol.